The summed E-state index contributed by atoms with van der Waals surface area (Å²) >= 11 is 9.70. The van der Waals surface area contributed by atoms with Gasteiger partial charge in [0.25, 0.3) is 0 Å². The average Bonchev–Trinajstić information content (AvgIpc) is 2.85. The van der Waals surface area contributed by atoms with Gasteiger partial charge in [0.1, 0.15) is 0 Å². The fourth-order valence-electron chi connectivity index (χ4n) is 2.21. The largest absolute Gasteiger partial charge is 0.378 e. The summed E-state index contributed by atoms with van der Waals surface area (Å²) in [6.45, 7) is 2.09. The van der Waals surface area contributed by atoms with E-state index in [4.69, 9.17) is 11.6 Å². The summed E-state index contributed by atoms with van der Waals surface area (Å²) < 4.78 is 0.984. The zero-order chi connectivity index (χ0) is 14.1. The summed E-state index contributed by atoms with van der Waals surface area (Å²) in [5.74, 6) is 0. The van der Waals surface area contributed by atoms with Gasteiger partial charge in [0.15, 0.2) is 0 Å². The van der Waals surface area contributed by atoms with Crippen LogP contribution in [0.25, 0.3) is 10.9 Å². The van der Waals surface area contributed by atoms with E-state index in [2.05, 4.69) is 38.4 Å². The molecule has 0 aliphatic carbocycles. The molecule has 1 heterocycles. The van der Waals surface area contributed by atoms with Crippen LogP contribution in [-0.2, 0) is 0 Å². The number of fused-ring (bicyclic) bond motifs is 1. The van der Waals surface area contributed by atoms with Crippen LogP contribution in [0.2, 0.25) is 5.02 Å². The molecule has 0 aliphatic rings. The van der Waals surface area contributed by atoms with Crippen molar-refractivity contribution in [3.63, 3.8) is 0 Å². The number of aromatic amines is 1. The Kier molecular flexibility index (Phi) is 3.68. The molecule has 0 radical (unpaired) electrons. The van der Waals surface area contributed by atoms with Crippen molar-refractivity contribution in [2.45, 2.75) is 13.0 Å². The monoisotopic (exact) mass is 349 g/mol. The third-order valence-corrected chi connectivity index (χ3v) is 4.07. The van der Waals surface area contributed by atoms with E-state index in [1.807, 2.05) is 42.6 Å². The Bertz CT molecular complexity index is 754. The van der Waals surface area contributed by atoms with E-state index in [-0.39, 0.29) is 6.04 Å². The quantitative estimate of drug-likeness (QED) is 0.685. The van der Waals surface area contributed by atoms with Gasteiger partial charge in [-0.1, -0.05) is 33.6 Å². The van der Waals surface area contributed by atoms with E-state index in [1.54, 1.807) is 0 Å². The zero-order valence-corrected chi connectivity index (χ0v) is 13.2. The number of rotatable bonds is 3. The van der Waals surface area contributed by atoms with Crippen LogP contribution >= 0.6 is 27.5 Å². The number of hydrogen-bond donors (Lipinski definition) is 2. The molecule has 1 atom stereocenters. The first-order valence-electron chi connectivity index (χ1n) is 6.28. The molecule has 0 bridgehead atoms. The van der Waals surface area contributed by atoms with Crippen LogP contribution in [0.15, 0.2) is 47.1 Å². The molecule has 3 nitrogen and oxygen atoms in total. The maximum Gasteiger partial charge on any atom is 0.0670 e. The molecule has 2 aromatic carbocycles. The number of H-pyrrole nitrogens is 1. The van der Waals surface area contributed by atoms with Crippen molar-refractivity contribution in [2.75, 3.05) is 5.32 Å². The predicted octanol–water partition coefficient (Wildman–Crippen LogP) is 5.15. The summed E-state index contributed by atoms with van der Waals surface area (Å²) in [5.41, 5.74) is 3.12. The molecular formula is C15H13BrClN3. The Balaban J connectivity index is 1.85. The van der Waals surface area contributed by atoms with Gasteiger partial charge in [-0.3, -0.25) is 5.10 Å². The van der Waals surface area contributed by atoms with Gasteiger partial charge in [-0.25, -0.2) is 0 Å². The highest BCUT2D eigenvalue weighted by Gasteiger charge is 2.10. The number of anilines is 1. The number of hydrogen-bond acceptors (Lipinski definition) is 2. The smallest absolute Gasteiger partial charge is 0.0670 e. The molecule has 1 aromatic heterocycles. The average molecular weight is 351 g/mol. The van der Waals surface area contributed by atoms with Gasteiger partial charge in [0, 0.05) is 26.6 Å². The van der Waals surface area contributed by atoms with Crippen molar-refractivity contribution in [1.29, 1.82) is 0 Å². The van der Waals surface area contributed by atoms with Crippen LogP contribution in [0, 0.1) is 0 Å². The summed E-state index contributed by atoms with van der Waals surface area (Å²) in [4.78, 5) is 0. The fraction of sp³-hybridized carbons (Fsp3) is 0.133. The summed E-state index contributed by atoms with van der Waals surface area (Å²) in [6, 6.07) is 12.2. The lowest BCUT2D eigenvalue weighted by atomic mass is 10.1. The molecule has 0 saturated heterocycles. The van der Waals surface area contributed by atoms with E-state index < -0.39 is 0 Å². The maximum absolute atomic E-state index is 6.28. The van der Waals surface area contributed by atoms with Gasteiger partial charge in [-0.15, -0.1) is 0 Å². The molecule has 20 heavy (non-hydrogen) atoms. The van der Waals surface area contributed by atoms with Gasteiger partial charge in [0.05, 0.1) is 11.7 Å². The number of aromatic nitrogens is 2. The molecule has 2 N–H and O–H groups in total. The first kappa shape index (κ1) is 13.5. The standard InChI is InChI=1S/C15H13BrClN3/c1-9(13-5-3-11(16)6-14(13)17)19-12-4-2-10-8-18-20-15(10)7-12/h2-9,19H,1H3,(H,18,20). The lowest BCUT2D eigenvalue weighted by Gasteiger charge is -2.17. The number of halogens is 2. The van der Waals surface area contributed by atoms with Gasteiger partial charge in [0.2, 0.25) is 0 Å². The Morgan fingerprint density at radius 2 is 2.10 bits per heavy atom. The van der Waals surface area contributed by atoms with Crippen molar-refractivity contribution >= 4 is 44.1 Å². The van der Waals surface area contributed by atoms with Gasteiger partial charge in [-0.05, 0) is 42.8 Å². The predicted molar refractivity (Wildman–Crippen MR) is 87.3 cm³/mol. The van der Waals surface area contributed by atoms with Crippen molar-refractivity contribution in [1.82, 2.24) is 10.2 Å². The van der Waals surface area contributed by atoms with Crippen LogP contribution in [0.1, 0.15) is 18.5 Å². The fourth-order valence-corrected chi connectivity index (χ4v) is 3.04. The van der Waals surface area contributed by atoms with Gasteiger partial charge < -0.3 is 5.32 Å². The molecule has 0 saturated carbocycles. The second kappa shape index (κ2) is 5.46. The van der Waals surface area contributed by atoms with Gasteiger partial charge >= 0.3 is 0 Å². The zero-order valence-electron chi connectivity index (χ0n) is 10.8. The van der Waals surface area contributed by atoms with Crippen LogP contribution in [-0.4, -0.2) is 10.2 Å². The molecule has 0 amide bonds. The van der Waals surface area contributed by atoms with Crippen LogP contribution in [0.3, 0.4) is 0 Å². The SMILES string of the molecule is CC(Nc1ccc2cn[nH]c2c1)c1ccc(Br)cc1Cl. The first-order chi connectivity index (χ1) is 9.63. The number of benzene rings is 2. The summed E-state index contributed by atoms with van der Waals surface area (Å²) in [6.07, 6.45) is 1.81. The van der Waals surface area contributed by atoms with Gasteiger partial charge in [-0.2, -0.15) is 5.10 Å². The van der Waals surface area contributed by atoms with E-state index in [1.165, 1.54) is 0 Å². The van der Waals surface area contributed by atoms with Crippen LogP contribution in [0.4, 0.5) is 5.69 Å². The van der Waals surface area contributed by atoms with E-state index in [0.717, 1.165) is 31.6 Å². The molecule has 5 heteroatoms. The maximum atomic E-state index is 6.28. The minimum Gasteiger partial charge on any atom is -0.378 e. The lowest BCUT2D eigenvalue weighted by molar-refractivity contribution is 0.885. The normalized spacial score (nSPS) is 12.6. The molecule has 0 spiro atoms. The third kappa shape index (κ3) is 2.67. The Hall–Kier alpha value is -1.52. The summed E-state index contributed by atoms with van der Waals surface area (Å²) in [5, 5.41) is 12.3. The Labute approximate surface area is 130 Å². The lowest BCUT2D eigenvalue weighted by Crippen LogP contribution is -2.07. The Morgan fingerprint density at radius 1 is 1.25 bits per heavy atom. The molecule has 0 fully saturated rings. The van der Waals surface area contributed by atoms with Crippen molar-refractivity contribution in [3.8, 4) is 0 Å². The topological polar surface area (TPSA) is 40.7 Å². The highest BCUT2D eigenvalue weighted by Crippen LogP contribution is 2.29. The van der Waals surface area contributed by atoms with E-state index in [0.29, 0.717) is 0 Å². The second-order valence-electron chi connectivity index (χ2n) is 4.70. The van der Waals surface area contributed by atoms with Crippen LogP contribution in [0.5, 0.6) is 0 Å². The Morgan fingerprint density at radius 3 is 2.90 bits per heavy atom. The second-order valence-corrected chi connectivity index (χ2v) is 6.03. The molecule has 3 aromatic rings. The third-order valence-electron chi connectivity index (χ3n) is 3.25. The molecule has 3 rings (SSSR count). The summed E-state index contributed by atoms with van der Waals surface area (Å²) in [7, 11) is 0. The minimum atomic E-state index is 0.121. The number of nitrogens with zero attached hydrogens (tertiary/aromatic N) is 1. The highest BCUT2D eigenvalue weighted by molar-refractivity contribution is 9.10. The van der Waals surface area contributed by atoms with Crippen molar-refractivity contribution in [2.24, 2.45) is 0 Å². The highest BCUT2D eigenvalue weighted by atomic mass is 79.9. The van der Waals surface area contributed by atoms with Crippen LogP contribution < -0.4 is 5.32 Å². The minimum absolute atomic E-state index is 0.121. The van der Waals surface area contributed by atoms with Crippen molar-refractivity contribution in [3.05, 3.63) is 57.7 Å². The molecule has 0 aliphatic heterocycles. The molecule has 102 valence electrons. The van der Waals surface area contributed by atoms with Crippen molar-refractivity contribution < 1.29 is 0 Å². The number of nitrogens with one attached hydrogen (secondary N) is 2. The first-order valence-corrected chi connectivity index (χ1v) is 7.45. The van der Waals surface area contributed by atoms with E-state index in [9.17, 15) is 0 Å². The molecular weight excluding hydrogens is 338 g/mol. The van der Waals surface area contributed by atoms with E-state index >= 15 is 0 Å². The molecule has 1 unspecified atom stereocenters.